The molecule has 3 rings (SSSR count). The topological polar surface area (TPSA) is 56.1 Å². The van der Waals surface area contributed by atoms with E-state index in [4.69, 9.17) is 0 Å². The van der Waals surface area contributed by atoms with Crippen LogP contribution in [0.15, 0.2) is 45.6 Å². The van der Waals surface area contributed by atoms with E-state index in [1.54, 1.807) is 24.3 Å². The highest BCUT2D eigenvalue weighted by Gasteiger charge is 2.22. The Hall–Kier alpha value is -1.88. The Balaban J connectivity index is 2.60. The minimum absolute atomic E-state index is 0.0381. The summed E-state index contributed by atoms with van der Waals surface area (Å²) in [5, 5.41) is 2.25. The maximum atomic E-state index is 12.0. The molecule has 1 aliphatic heterocycles. The Kier molecular flexibility index (Phi) is 1.65. The van der Waals surface area contributed by atoms with E-state index in [0.29, 0.717) is 10.8 Å². The molecule has 0 spiro atoms. The van der Waals surface area contributed by atoms with Crippen molar-refractivity contribution in [2.45, 2.75) is 5.03 Å². The lowest BCUT2D eigenvalue weighted by molar-refractivity contribution is 0.601. The molecular formula is C11H7NO3S. The average Bonchev–Trinajstić information content (AvgIpc) is 2.56. The van der Waals surface area contributed by atoms with Gasteiger partial charge in [-0.25, -0.2) is 8.42 Å². The van der Waals surface area contributed by atoms with E-state index in [1.807, 2.05) is 0 Å². The van der Waals surface area contributed by atoms with Crippen molar-refractivity contribution in [2.24, 2.45) is 0 Å². The van der Waals surface area contributed by atoms with Gasteiger partial charge in [-0.1, -0.05) is 18.2 Å². The van der Waals surface area contributed by atoms with Crippen molar-refractivity contribution in [2.75, 3.05) is 0 Å². The van der Waals surface area contributed by atoms with E-state index in [2.05, 4.69) is 0 Å². The highest BCUT2D eigenvalue weighted by molar-refractivity contribution is 7.94. The Labute approximate surface area is 91.4 Å². The number of nitrogens with zero attached hydrogens (tertiary/aromatic N) is 1. The van der Waals surface area contributed by atoms with Gasteiger partial charge in [-0.3, -0.25) is 9.36 Å². The maximum absolute atomic E-state index is 12.0. The van der Waals surface area contributed by atoms with Crippen molar-refractivity contribution in [1.29, 1.82) is 0 Å². The van der Waals surface area contributed by atoms with Crippen LogP contribution in [0.3, 0.4) is 0 Å². The minimum Gasteiger partial charge on any atom is -0.272 e. The zero-order valence-electron chi connectivity index (χ0n) is 8.12. The standard InChI is InChI=1S/C11H7NO3S/c13-11-9-4-2-1-3-8(9)7-10-12(11)5-6-16(10,14)15/h1-7H. The van der Waals surface area contributed by atoms with E-state index >= 15 is 0 Å². The molecule has 0 saturated heterocycles. The molecular weight excluding hydrogens is 226 g/mol. The first-order valence-electron chi connectivity index (χ1n) is 4.67. The average molecular weight is 233 g/mol. The van der Waals surface area contributed by atoms with Crippen molar-refractivity contribution >= 4 is 26.8 Å². The maximum Gasteiger partial charge on any atom is 0.263 e. The van der Waals surface area contributed by atoms with Crippen LogP contribution in [0.1, 0.15) is 0 Å². The largest absolute Gasteiger partial charge is 0.272 e. The molecule has 1 aliphatic rings. The number of hydrogen-bond acceptors (Lipinski definition) is 3. The number of hydrogen-bond donors (Lipinski definition) is 0. The molecule has 0 aliphatic carbocycles. The summed E-state index contributed by atoms with van der Waals surface area (Å²) in [4.78, 5) is 12.0. The second kappa shape index (κ2) is 2.82. The van der Waals surface area contributed by atoms with Crippen LogP contribution in [0.2, 0.25) is 0 Å². The second-order valence-corrected chi connectivity index (χ2v) is 5.36. The van der Waals surface area contributed by atoms with Gasteiger partial charge in [0.2, 0.25) is 9.84 Å². The van der Waals surface area contributed by atoms with Crippen LogP contribution in [0, 0.1) is 0 Å². The number of pyridine rings is 1. The molecule has 0 bridgehead atoms. The fourth-order valence-corrected chi connectivity index (χ4v) is 2.95. The van der Waals surface area contributed by atoms with Gasteiger partial charge in [0.25, 0.3) is 5.56 Å². The molecule has 0 atom stereocenters. The monoisotopic (exact) mass is 233 g/mol. The summed E-state index contributed by atoms with van der Waals surface area (Å²) in [7, 11) is -3.44. The van der Waals surface area contributed by atoms with Gasteiger partial charge in [-0.2, -0.15) is 0 Å². The molecule has 2 heterocycles. The third kappa shape index (κ3) is 1.09. The molecule has 0 N–H and O–H groups in total. The number of benzene rings is 1. The van der Waals surface area contributed by atoms with Crippen LogP contribution in [0.25, 0.3) is 17.0 Å². The minimum atomic E-state index is -3.44. The van der Waals surface area contributed by atoms with Crippen LogP contribution in [0.4, 0.5) is 0 Å². The van der Waals surface area contributed by atoms with E-state index in [0.717, 1.165) is 9.98 Å². The van der Waals surface area contributed by atoms with Crippen molar-refractivity contribution in [3.8, 4) is 0 Å². The van der Waals surface area contributed by atoms with Crippen LogP contribution >= 0.6 is 0 Å². The van der Waals surface area contributed by atoms with Gasteiger partial charge in [0.1, 0.15) is 5.03 Å². The van der Waals surface area contributed by atoms with Gasteiger partial charge in [0, 0.05) is 11.6 Å². The lowest BCUT2D eigenvalue weighted by Gasteiger charge is -2.03. The highest BCUT2D eigenvalue weighted by Crippen LogP contribution is 2.22. The molecule has 1 aromatic carbocycles. The molecule has 0 saturated carbocycles. The lowest BCUT2D eigenvalue weighted by atomic mass is 10.2. The van der Waals surface area contributed by atoms with Gasteiger partial charge >= 0.3 is 0 Å². The van der Waals surface area contributed by atoms with Gasteiger partial charge < -0.3 is 0 Å². The molecule has 0 fully saturated rings. The van der Waals surface area contributed by atoms with Crippen molar-refractivity contribution < 1.29 is 8.42 Å². The van der Waals surface area contributed by atoms with Crippen molar-refractivity contribution in [3.63, 3.8) is 0 Å². The summed E-state index contributed by atoms with van der Waals surface area (Å²) in [6.07, 6.45) is 1.29. The predicted octanol–water partition coefficient (Wildman–Crippen LogP) is 1.22. The molecule has 0 unspecified atom stereocenters. The lowest BCUT2D eigenvalue weighted by Crippen LogP contribution is -2.17. The third-order valence-corrected chi connectivity index (χ3v) is 3.98. The number of rotatable bonds is 0. The molecule has 4 nitrogen and oxygen atoms in total. The fraction of sp³-hybridized carbons (Fsp3) is 0. The zero-order valence-corrected chi connectivity index (χ0v) is 8.94. The van der Waals surface area contributed by atoms with Gasteiger partial charge in [-0.05, 0) is 17.5 Å². The molecule has 0 radical (unpaired) electrons. The van der Waals surface area contributed by atoms with Gasteiger partial charge in [0.15, 0.2) is 0 Å². The SMILES string of the molecule is O=c1c2ccccc2cc2n1C=CS2(=O)=O. The Morgan fingerprint density at radius 3 is 2.69 bits per heavy atom. The smallest absolute Gasteiger partial charge is 0.263 e. The number of fused-ring (bicyclic) bond motifs is 2. The summed E-state index contributed by atoms with van der Waals surface area (Å²) >= 11 is 0. The normalized spacial score (nSPS) is 16.5. The number of aromatic nitrogens is 1. The van der Waals surface area contributed by atoms with E-state index in [1.165, 1.54) is 12.3 Å². The van der Waals surface area contributed by atoms with Gasteiger partial charge in [0.05, 0.1) is 5.41 Å². The summed E-state index contributed by atoms with van der Waals surface area (Å²) in [6, 6.07) is 8.46. The second-order valence-electron chi connectivity index (χ2n) is 3.58. The first-order valence-corrected chi connectivity index (χ1v) is 6.22. The van der Waals surface area contributed by atoms with Crippen LogP contribution in [0.5, 0.6) is 0 Å². The van der Waals surface area contributed by atoms with Gasteiger partial charge in [-0.15, -0.1) is 0 Å². The summed E-state index contributed by atoms with van der Waals surface area (Å²) in [6.45, 7) is 0. The molecule has 16 heavy (non-hydrogen) atoms. The molecule has 1 aromatic heterocycles. The van der Waals surface area contributed by atoms with E-state index < -0.39 is 9.84 Å². The molecule has 80 valence electrons. The van der Waals surface area contributed by atoms with Crippen LogP contribution in [-0.4, -0.2) is 13.0 Å². The van der Waals surface area contributed by atoms with E-state index in [-0.39, 0.29) is 10.6 Å². The summed E-state index contributed by atoms with van der Waals surface area (Å²) in [5.41, 5.74) is -0.301. The predicted molar refractivity (Wildman–Crippen MR) is 60.7 cm³/mol. The fourth-order valence-electron chi connectivity index (χ4n) is 1.82. The molecule has 5 heteroatoms. The quantitative estimate of drug-likeness (QED) is 0.687. The first-order chi connectivity index (χ1) is 7.59. The summed E-state index contributed by atoms with van der Waals surface area (Å²) in [5.74, 6) is 0. The van der Waals surface area contributed by atoms with E-state index in [9.17, 15) is 13.2 Å². The van der Waals surface area contributed by atoms with Crippen LogP contribution < -0.4 is 5.56 Å². The Morgan fingerprint density at radius 1 is 1.12 bits per heavy atom. The first kappa shape index (κ1) is 9.35. The van der Waals surface area contributed by atoms with Crippen molar-refractivity contribution in [3.05, 3.63) is 46.1 Å². The highest BCUT2D eigenvalue weighted by atomic mass is 32.2. The molecule has 2 aromatic rings. The summed E-state index contributed by atoms with van der Waals surface area (Å²) < 4.78 is 24.4. The van der Waals surface area contributed by atoms with Crippen molar-refractivity contribution in [1.82, 2.24) is 4.57 Å². The van der Waals surface area contributed by atoms with Crippen LogP contribution in [-0.2, 0) is 9.84 Å². The third-order valence-electron chi connectivity index (χ3n) is 2.61. The zero-order chi connectivity index (χ0) is 11.3. The number of sulfone groups is 1. The molecule has 0 amide bonds. The Bertz CT molecular complexity index is 784. The Morgan fingerprint density at radius 2 is 1.88 bits per heavy atom.